The van der Waals surface area contributed by atoms with Crippen molar-refractivity contribution in [1.29, 1.82) is 0 Å². The van der Waals surface area contributed by atoms with E-state index in [4.69, 9.17) is 18.4 Å². The number of hydrogen-bond donors (Lipinski definition) is 2. The van der Waals surface area contributed by atoms with Crippen LogP contribution in [0.1, 0.15) is 16.8 Å². The molecule has 0 aliphatic rings. The van der Waals surface area contributed by atoms with Crippen LogP contribution >= 0.6 is 12.6 Å². The first-order valence-corrected chi connectivity index (χ1v) is 5.04. The first kappa shape index (κ1) is 10.9. The summed E-state index contributed by atoms with van der Waals surface area (Å²) in [5.41, 5.74) is 6.67. The van der Waals surface area contributed by atoms with Crippen LogP contribution in [0.25, 0.3) is 0 Å². The monoisotopic (exact) mass is 209 g/mol. The Morgan fingerprint density at radius 3 is 2.79 bits per heavy atom. The number of benzene rings is 1. The summed E-state index contributed by atoms with van der Waals surface area (Å²) in [6.07, 6.45) is 0.813. The first-order chi connectivity index (χ1) is 6.75. The van der Waals surface area contributed by atoms with Gasteiger partial charge in [-0.1, -0.05) is 24.8 Å². The van der Waals surface area contributed by atoms with E-state index in [2.05, 4.69) is 5.32 Å². The Morgan fingerprint density at radius 1 is 1.43 bits per heavy atom. The van der Waals surface area contributed by atoms with E-state index in [-0.39, 0.29) is 5.91 Å². The van der Waals surface area contributed by atoms with Crippen molar-refractivity contribution in [2.24, 2.45) is 0 Å². The van der Waals surface area contributed by atoms with E-state index in [0.717, 1.165) is 6.42 Å². The first-order valence-electron chi connectivity index (χ1n) is 4.46. The van der Waals surface area contributed by atoms with Gasteiger partial charge in [-0.15, -0.1) is 0 Å². The molecule has 0 spiro atoms. The number of rotatable bonds is 4. The molecular formula is C10H13N2OS. The number of carbonyl (C=O) groups excluding carboxylic acids is 1. The lowest BCUT2D eigenvalue weighted by atomic mass is 10.1. The highest BCUT2D eigenvalue weighted by molar-refractivity contribution is 7.80. The summed E-state index contributed by atoms with van der Waals surface area (Å²) >= 11 is 4.77. The molecule has 4 heteroatoms. The molecule has 1 aromatic rings. The Hall–Kier alpha value is -1.16. The van der Waals surface area contributed by atoms with Gasteiger partial charge in [-0.25, -0.2) is 0 Å². The van der Waals surface area contributed by atoms with Crippen LogP contribution in [0.2, 0.25) is 0 Å². The van der Waals surface area contributed by atoms with Gasteiger partial charge >= 0.3 is 0 Å². The molecule has 1 amide bonds. The molecule has 0 atom stereocenters. The van der Waals surface area contributed by atoms with E-state index in [0.29, 0.717) is 23.5 Å². The number of carbonyl (C=O) groups is 1. The maximum absolute atomic E-state index is 11.5. The number of hydrogen-bond acceptors (Lipinski definition) is 2. The van der Waals surface area contributed by atoms with Gasteiger partial charge in [0, 0.05) is 18.0 Å². The van der Waals surface area contributed by atoms with Crippen molar-refractivity contribution in [3.8, 4) is 0 Å². The van der Waals surface area contributed by atoms with Crippen molar-refractivity contribution in [2.75, 3.05) is 18.0 Å². The van der Waals surface area contributed by atoms with Gasteiger partial charge in [0.2, 0.25) is 0 Å². The van der Waals surface area contributed by atoms with Gasteiger partial charge < -0.3 is 11.1 Å². The smallest absolute Gasteiger partial charge is 0.253 e. The van der Waals surface area contributed by atoms with Crippen molar-refractivity contribution in [3.05, 3.63) is 29.8 Å². The van der Waals surface area contributed by atoms with Gasteiger partial charge in [-0.2, -0.15) is 0 Å². The second kappa shape index (κ2) is 5.54. The third-order valence-electron chi connectivity index (χ3n) is 1.81. The number of para-hydroxylation sites is 1. The maximum atomic E-state index is 11.5. The van der Waals surface area contributed by atoms with Crippen molar-refractivity contribution in [2.45, 2.75) is 6.42 Å². The Labute approximate surface area is 89.1 Å². The zero-order chi connectivity index (χ0) is 10.4. The standard InChI is InChI=1S/C10H13N2OS/c11-9-5-2-1-4-8(9)10(13)12-6-3-7-14/h1-2,4-5H,3,6-7,11H2,(H,12,13). The summed E-state index contributed by atoms with van der Waals surface area (Å²) < 4.78 is 0. The van der Waals surface area contributed by atoms with Crippen LogP contribution in [-0.2, 0) is 0 Å². The third kappa shape index (κ3) is 2.96. The summed E-state index contributed by atoms with van der Waals surface area (Å²) in [6, 6.07) is 7.01. The van der Waals surface area contributed by atoms with Gasteiger partial charge in [0.25, 0.3) is 5.91 Å². The number of anilines is 1. The third-order valence-corrected chi connectivity index (χ3v) is 2.10. The summed E-state index contributed by atoms with van der Waals surface area (Å²) in [5.74, 6) is 0.524. The molecule has 1 aromatic carbocycles. The molecule has 0 aliphatic carbocycles. The number of nitrogens with two attached hydrogens (primary N) is 1. The minimum Gasteiger partial charge on any atom is -0.398 e. The summed E-state index contributed by atoms with van der Waals surface area (Å²) in [7, 11) is 0. The predicted octanol–water partition coefficient (Wildman–Crippen LogP) is 1.59. The van der Waals surface area contributed by atoms with Gasteiger partial charge in [0.1, 0.15) is 0 Å². The Balaban J connectivity index is 2.56. The summed E-state index contributed by atoms with van der Waals surface area (Å²) in [6.45, 7) is 0.608. The average Bonchev–Trinajstić information content (AvgIpc) is 2.18. The molecular weight excluding hydrogens is 196 g/mol. The van der Waals surface area contributed by atoms with E-state index < -0.39 is 0 Å². The van der Waals surface area contributed by atoms with Gasteiger partial charge in [0.05, 0.1) is 5.56 Å². The molecule has 3 N–H and O–H groups in total. The zero-order valence-corrected chi connectivity index (χ0v) is 8.64. The van der Waals surface area contributed by atoms with Crippen molar-refractivity contribution in [3.63, 3.8) is 0 Å². The molecule has 3 nitrogen and oxygen atoms in total. The molecule has 75 valence electrons. The second-order valence-electron chi connectivity index (χ2n) is 2.90. The molecule has 0 aliphatic heterocycles. The Morgan fingerprint density at radius 2 is 2.14 bits per heavy atom. The molecule has 0 unspecified atom stereocenters. The van der Waals surface area contributed by atoms with Gasteiger partial charge in [-0.05, 0) is 18.6 Å². The highest BCUT2D eigenvalue weighted by Crippen LogP contribution is 2.09. The van der Waals surface area contributed by atoms with Gasteiger partial charge in [0.15, 0.2) is 0 Å². The number of nitrogens with one attached hydrogen (secondary N) is 1. The van der Waals surface area contributed by atoms with Crippen LogP contribution in [-0.4, -0.2) is 18.2 Å². The zero-order valence-electron chi connectivity index (χ0n) is 7.82. The largest absolute Gasteiger partial charge is 0.398 e. The minimum atomic E-state index is -0.133. The maximum Gasteiger partial charge on any atom is 0.253 e. The fourth-order valence-electron chi connectivity index (χ4n) is 1.07. The molecule has 1 radical (unpaired) electrons. The molecule has 0 bridgehead atoms. The lowest BCUT2D eigenvalue weighted by Gasteiger charge is -2.05. The van der Waals surface area contributed by atoms with Crippen LogP contribution in [0, 0.1) is 0 Å². The average molecular weight is 209 g/mol. The highest BCUT2D eigenvalue weighted by Gasteiger charge is 2.06. The number of amides is 1. The van der Waals surface area contributed by atoms with Crippen LogP contribution in [0.15, 0.2) is 24.3 Å². The lowest BCUT2D eigenvalue weighted by molar-refractivity contribution is 0.0954. The highest BCUT2D eigenvalue weighted by atomic mass is 32.1. The van der Waals surface area contributed by atoms with Crippen molar-refractivity contribution in [1.82, 2.24) is 5.32 Å². The minimum absolute atomic E-state index is 0.133. The van der Waals surface area contributed by atoms with E-state index >= 15 is 0 Å². The normalized spacial score (nSPS) is 9.79. The van der Waals surface area contributed by atoms with Crippen LogP contribution in [0.4, 0.5) is 5.69 Å². The van der Waals surface area contributed by atoms with Crippen LogP contribution < -0.4 is 11.1 Å². The summed E-state index contributed by atoms with van der Waals surface area (Å²) in [4.78, 5) is 11.5. The van der Waals surface area contributed by atoms with E-state index in [1.165, 1.54) is 0 Å². The lowest BCUT2D eigenvalue weighted by Crippen LogP contribution is -2.25. The van der Waals surface area contributed by atoms with Crippen molar-refractivity contribution >= 4 is 24.2 Å². The van der Waals surface area contributed by atoms with E-state index in [1.54, 1.807) is 24.3 Å². The molecule has 0 saturated carbocycles. The molecule has 0 aromatic heterocycles. The fourth-order valence-corrected chi connectivity index (χ4v) is 1.22. The number of nitrogen functional groups attached to an aromatic ring is 1. The fraction of sp³-hybridized carbons (Fsp3) is 0.300. The summed E-state index contributed by atoms with van der Waals surface area (Å²) in [5, 5.41) is 2.76. The predicted molar refractivity (Wildman–Crippen MR) is 60.3 cm³/mol. The van der Waals surface area contributed by atoms with Crippen molar-refractivity contribution < 1.29 is 4.79 Å². The van der Waals surface area contributed by atoms with Crippen LogP contribution in [0.5, 0.6) is 0 Å². The molecule has 14 heavy (non-hydrogen) atoms. The van der Waals surface area contributed by atoms with E-state index in [1.807, 2.05) is 0 Å². The topological polar surface area (TPSA) is 55.1 Å². The second-order valence-corrected chi connectivity index (χ2v) is 3.31. The quantitative estimate of drug-likeness (QED) is 0.584. The van der Waals surface area contributed by atoms with Crippen LogP contribution in [0.3, 0.4) is 0 Å². The molecule has 0 fully saturated rings. The Kier molecular flexibility index (Phi) is 4.32. The molecule has 1 rings (SSSR count). The Bertz CT molecular complexity index is 315. The SMILES string of the molecule is Nc1ccccc1C(=O)NCCC[S]. The molecule has 0 heterocycles. The van der Waals surface area contributed by atoms with E-state index in [9.17, 15) is 4.79 Å². The van der Waals surface area contributed by atoms with Gasteiger partial charge in [-0.3, -0.25) is 4.79 Å². The molecule has 0 saturated heterocycles.